The number of amides is 2. The molecule has 2 amide bonds. The fourth-order valence-electron chi connectivity index (χ4n) is 6.11. The Balaban J connectivity index is 1.14. The van der Waals surface area contributed by atoms with Crippen LogP contribution in [0, 0.1) is 0 Å². The first-order valence-corrected chi connectivity index (χ1v) is 15.8. The second-order valence-corrected chi connectivity index (χ2v) is 11.8. The van der Waals surface area contributed by atoms with Crippen molar-refractivity contribution in [2.75, 3.05) is 25.6 Å². The van der Waals surface area contributed by atoms with Gasteiger partial charge in [0.05, 0.1) is 25.9 Å². The number of alkyl carbamates (subject to hydrolysis) is 1. The van der Waals surface area contributed by atoms with E-state index in [0.29, 0.717) is 25.3 Å². The van der Waals surface area contributed by atoms with Crippen LogP contribution in [0.1, 0.15) is 40.8 Å². The highest BCUT2D eigenvalue weighted by Crippen LogP contribution is 2.31. The van der Waals surface area contributed by atoms with E-state index in [-0.39, 0.29) is 18.1 Å². The molecule has 8 nitrogen and oxygen atoms in total. The maximum atomic E-state index is 14.0. The number of methoxy groups -OCH3 is 1. The molecule has 6 rings (SSSR count). The monoisotopic (exact) mass is 636 g/mol. The van der Waals surface area contributed by atoms with Crippen LogP contribution in [0.3, 0.4) is 0 Å². The number of aryl methyl sites for hydroxylation is 1. The Morgan fingerprint density at radius 1 is 0.935 bits per heavy atom. The molecule has 3 atom stereocenters. The highest BCUT2D eigenvalue weighted by molar-refractivity contribution is 6.35. The van der Waals surface area contributed by atoms with Crippen LogP contribution in [0.2, 0.25) is 5.02 Å². The minimum atomic E-state index is -0.937. The maximum absolute atomic E-state index is 14.0. The van der Waals surface area contributed by atoms with Gasteiger partial charge in [0.1, 0.15) is 6.04 Å². The summed E-state index contributed by atoms with van der Waals surface area (Å²) in [6.07, 6.45) is 0.806. The summed E-state index contributed by atoms with van der Waals surface area (Å²) in [6, 6.07) is 34.2. The van der Waals surface area contributed by atoms with Gasteiger partial charge in [0.15, 0.2) is 0 Å². The molecule has 4 aromatic carbocycles. The summed E-state index contributed by atoms with van der Waals surface area (Å²) in [6.45, 7) is 1.23. The lowest BCUT2D eigenvalue weighted by Crippen LogP contribution is -2.48. The van der Waals surface area contributed by atoms with Crippen molar-refractivity contribution in [2.45, 2.75) is 36.9 Å². The number of fused-ring (bicyclic) bond motifs is 1. The molecule has 2 heterocycles. The molecule has 1 aliphatic heterocycles. The third kappa shape index (κ3) is 7.26. The van der Waals surface area contributed by atoms with Crippen molar-refractivity contribution < 1.29 is 19.1 Å². The Bertz CT molecular complexity index is 1730. The lowest BCUT2D eigenvalue weighted by Gasteiger charge is -2.30. The summed E-state index contributed by atoms with van der Waals surface area (Å²) < 4.78 is 11.2. The van der Waals surface area contributed by atoms with Crippen LogP contribution < -0.4 is 16.0 Å². The average Bonchev–Trinajstić information content (AvgIpc) is 3.54. The van der Waals surface area contributed by atoms with Gasteiger partial charge in [-0.15, -0.1) is 0 Å². The molecule has 1 aliphatic rings. The molecule has 0 radical (unpaired) electrons. The molecule has 0 bridgehead atoms. The number of benzene rings is 4. The van der Waals surface area contributed by atoms with E-state index in [4.69, 9.17) is 21.1 Å². The fourth-order valence-corrected chi connectivity index (χ4v) is 6.34. The van der Waals surface area contributed by atoms with Crippen molar-refractivity contribution in [3.63, 3.8) is 0 Å². The van der Waals surface area contributed by atoms with E-state index >= 15 is 0 Å². The quantitative estimate of drug-likeness (QED) is 0.132. The van der Waals surface area contributed by atoms with Gasteiger partial charge in [-0.05, 0) is 53.8 Å². The summed E-state index contributed by atoms with van der Waals surface area (Å²) in [7, 11) is 1.29. The Kier molecular flexibility index (Phi) is 9.98. The first kappa shape index (κ1) is 31.4. The summed E-state index contributed by atoms with van der Waals surface area (Å²) in [5, 5.41) is 11.3. The van der Waals surface area contributed by atoms with Crippen LogP contribution in [0.15, 0.2) is 109 Å². The molecule has 1 aromatic heterocycles. The molecule has 0 spiro atoms. The minimum Gasteiger partial charge on any atom is -0.453 e. The zero-order chi connectivity index (χ0) is 31.9. The Hall–Kier alpha value is -4.63. The van der Waals surface area contributed by atoms with Gasteiger partial charge >= 0.3 is 6.09 Å². The Morgan fingerprint density at radius 2 is 1.63 bits per heavy atom. The van der Waals surface area contributed by atoms with Gasteiger partial charge in [0.25, 0.3) is 0 Å². The van der Waals surface area contributed by atoms with Crippen molar-refractivity contribution in [3.05, 3.63) is 137 Å². The largest absolute Gasteiger partial charge is 0.453 e. The molecule has 0 aliphatic carbocycles. The number of morpholine rings is 1. The van der Waals surface area contributed by atoms with Gasteiger partial charge in [-0.3, -0.25) is 4.79 Å². The predicted molar refractivity (Wildman–Crippen MR) is 181 cm³/mol. The predicted octanol–water partition coefficient (Wildman–Crippen LogP) is 6.98. The number of anilines is 1. The summed E-state index contributed by atoms with van der Waals surface area (Å²) in [4.78, 5) is 30.0. The number of para-hydroxylation sites is 1. The molecule has 4 N–H and O–H groups in total. The van der Waals surface area contributed by atoms with Gasteiger partial charge in [-0.2, -0.15) is 0 Å². The van der Waals surface area contributed by atoms with Gasteiger partial charge in [0, 0.05) is 39.8 Å². The normalized spacial score (nSPS) is 17.0. The van der Waals surface area contributed by atoms with Crippen molar-refractivity contribution in [3.8, 4) is 0 Å². The first-order valence-electron chi connectivity index (χ1n) is 15.5. The average molecular weight is 637 g/mol. The molecule has 9 heteroatoms. The van der Waals surface area contributed by atoms with Crippen LogP contribution in [-0.2, 0) is 20.7 Å². The van der Waals surface area contributed by atoms with Crippen LogP contribution in [0.4, 0.5) is 10.5 Å². The number of hydrogen-bond acceptors (Lipinski definition) is 5. The van der Waals surface area contributed by atoms with E-state index in [1.807, 2.05) is 103 Å². The standard InChI is InChI=1S/C37H37ClN4O4/c1-45-37(44)42-35(34(25-12-4-2-5-13-25)26-14-6-3-7-15-26)36(43)41-30-17-9-8-11-24(30)19-20-27-22-39-33(23-46-27)32-21-28-29(38)16-10-18-31(28)40-32/h2-18,21,27,33-35,39-40H,19-20,22-23H2,1H3,(H,41,43)(H,42,44)/t27-,33+,35?/m1/s1. The van der Waals surface area contributed by atoms with E-state index < -0.39 is 18.1 Å². The van der Waals surface area contributed by atoms with Gasteiger partial charge in [-0.1, -0.05) is 96.5 Å². The molecule has 1 unspecified atom stereocenters. The van der Waals surface area contributed by atoms with Crippen molar-refractivity contribution in [1.29, 1.82) is 0 Å². The molecule has 0 saturated carbocycles. The van der Waals surface area contributed by atoms with Crippen molar-refractivity contribution >= 4 is 40.2 Å². The minimum absolute atomic E-state index is 0.0160. The number of carbonyl (C=O) groups is 2. The summed E-state index contributed by atoms with van der Waals surface area (Å²) >= 11 is 6.37. The SMILES string of the molecule is COC(=O)NC(C(=O)Nc1ccccc1CC[C@@H]1CN[C@H](c2cc3c(Cl)cccc3[nH]2)CO1)C(c1ccccc1)c1ccccc1. The second-order valence-electron chi connectivity index (χ2n) is 11.4. The summed E-state index contributed by atoms with van der Waals surface area (Å²) in [5.41, 5.74) is 5.53. The summed E-state index contributed by atoms with van der Waals surface area (Å²) in [5.74, 6) is -0.788. The molecular weight excluding hydrogens is 600 g/mol. The zero-order valence-corrected chi connectivity index (χ0v) is 26.3. The highest BCUT2D eigenvalue weighted by atomic mass is 35.5. The number of halogens is 1. The number of carbonyl (C=O) groups excluding carboxylic acids is 2. The molecule has 1 fully saturated rings. The first-order chi connectivity index (χ1) is 22.5. The molecule has 5 aromatic rings. The third-order valence-electron chi connectivity index (χ3n) is 8.50. The molecule has 236 valence electrons. The van der Waals surface area contributed by atoms with Crippen LogP contribution in [0.25, 0.3) is 10.9 Å². The van der Waals surface area contributed by atoms with E-state index in [1.165, 1.54) is 7.11 Å². The molecule has 1 saturated heterocycles. The second kappa shape index (κ2) is 14.6. The van der Waals surface area contributed by atoms with E-state index in [1.54, 1.807) is 0 Å². The van der Waals surface area contributed by atoms with Gasteiger partial charge in [0.2, 0.25) is 5.91 Å². The lowest BCUT2D eigenvalue weighted by molar-refractivity contribution is -0.118. The Labute approximate surface area is 273 Å². The van der Waals surface area contributed by atoms with E-state index in [0.717, 1.165) is 44.7 Å². The zero-order valence-electron chi connectivity index (χ0n) is 25.5. The lowest BCUT2D eigenvalue weighted by atomic mass is 9.84. The number of H-pyrrole nitrogens is 1. The number of rotatable bonds is 10. The maximum Gasteiger partial charge on any atom is 0.407 e. The fraction of sp³-hybridized carbons (Fsp3) is 0.243. The molecule has 46 heavy (non-hydrogen) atoms. The third-order valence-corrected chi connectivity index (χ3v) is 8.83. The smallest absolute Gasteiger partial charge is 0.407 e. The number of aromatic amines is 1. The van der Waals surface area contributed by atoms with Gasteiger partial charge < -0.3 is 30.4 Å². The van der Waals surface area contributed by atoms with Crippen molar-refractivity contribution in [2.24, 2.45) is 0 Å². The Morgan fingerprint density at radius 3 is 2.28 bits per heavy atom. The molecular formula is C37H37ClN4O4. The number of nitrogens with one attached hydrogen (secondary N) is 4. The number of aromatic nitrogens is 1. The van der Waals surface area contributed by atoms with Crippen LogP contribution in [-0.4, -0.2) is 49.4 Å². The van der Waals surface area contributed by atoms with Gasteiger partial charge in [-0.25, -0.2) is 4.79 Å². The van der Waals surface area contributed by atoms with Crippen molar-refractivity contribution in [1.82, 2.24) is 15.6 Å². The van der Waals surface area contributed by atoms with E-state index in [9.17, 15) is 9.59 Å². The topological polar surface area (TPSA) is 104 Å². The highest BCUT2D eigenvalue weighted by Gasteiger charge is 2.33. The number of hydrogen-bond donors (Lipinski definition) is 4. The van der Waals surface area contributed by atoms with Crippen LogP contribution in [0.5, 0.6) is 0 Å². The van der Waals surface area contributed by atoms with Crippen LogP contribution >= 0.6 is 11.6 Å². The van der Waals surface area contributed by atoms with E-state index in [2.05, 4.69) is 27.0 Å². The number of ether oxygens (including phenoxy) is 2.